The first-order chi connectivity index (χ1) is 13.5. The summed E-state index contributed by atoms with van der Waals surface area (Å²) in [5.74, 6) is -0.746. The zero-order valence-electron chi connectivity index (χ0n) is 15.2. The van der Waals surface area contributed by atoms with Crippen molar-refractivity contribution < 1.29 is 14.0 Å². The number of amidine groups is 1. The van der Waals surface area contributed by atoms with Crippen LogP contribution in [-0.2, 0) is 16.0 Å². The van der Waals surface area contributed by atoms with E-state index in [1.165, 1.54) is 43.1 Å². The first-order valence-corrected chi connectivity index (χ1v) is 9.99. The highest BCUT2D eigenvalue weighted by Gasteiger charge is 2.35. The number of thioether (sulfide) groups is 1. The van der Waals surface area contributed by atoms with Gasteiger partial charge < -0.3 is 5.32 Å². The van der Waals surface area contributed by atoms with Crippen LogP contribution in [0, 0.1) is 5.82 Å². The Labute approximate surface area is 172 Å². The summed E-state index contributed by atoms with van der Waals surface area (Å²) in [6, 6.07) is 13.1. The highest BCUT2D eigenvalue weighted by molar-refractivity contribution is 8.15. The van der Waals surface area contributed by atoms with Crippen molar-refractivity contribution in [3.05, 3.63) is 64.9 Å². The summed E-state index contributed by atoms with van der Waals surface area (Å²) in [7, 11) is 1.54. The van der Waals surface area contributed by atoms with E-state index in [-0.39, 0.29) is 24.1 Å². The number of hydrogen-bond acceptors (Lipinski definition) is 4. The Morgan fingerprint density at radius 3 is 2.57 bits per heavy atom. The van der Waals surface area contributed by atoms with Crippen molar-refractivity contribution in [1.82, 2.24) is 10.2 Å². The first-order valence-electron chi connectivity index (χ1n) is 8.73. The Bertz CT molecular complexity index is 887. The van der Waals surface area contributed by atoms with Crippen molar-refractivity contribution in [1.29, 1.82) is 0 Å². The SMILES string of the molecule is CNC(=O)[C@H]1CC(=O)N(CCc2ccc(Cl)cc2)C(=Nc2ccc(F)cc2)S1. The molecule has 8 heteroatoms. The van der Waals surface area contributed by atoms with E-state index in [0.29, 0.717) is 28.8 Å². The molecule has 2 aromatic carbocycles. The third-order valence-electron chi connectivity index (χ3n) is 4.27. The van der Waals surface area contributed by atoms with Gasteiger partial charge in [-0.1, -0.05) is 35.5 Å². The van der Waals surface area contributed by atoms with Gasteiger partial charge in [-0.3, -0.25) is 14.5 Å². The number of aliphatic imine (C=N–C) groups is 1. The standard InChI is InChI=1S/C20H19ClFN3O2S/c1-23-19(27)17-12-18(26)25(11-10-13-2-4-14(21)5-3-13)20(28-17)24-16-8-6-15(22)7-9-16/h2-9,17H,10-12H2,1H3,(H,23,27)/t17-/m1/s1. The highest BCUT2D eigenvalue weighted by Crippen LogP contribution is 2.29. The molecule has 1 aliphatic heterocycles. The number of carbonyl (C=O) groups excluding carboxylic acids is 2. The molecular weight excluding hydrogens is 401 g/mol. The fraction of sp³-hybridized carbons (Fsp3) is 0.250. The molecule has 5 nitrogen and oxygen atoms in total. The number of rotatable bonds is 5. The fourth-order valence-electron chi connectivity index (χ4n) is 2.74. The first kappa shape index (κ1) is 20.4. The van der Waals surface area contributed by atoms with Gasteiger partial charge in [0.15, 0.2) is 5.17 Å². The van der Waals surface area contributed by atoms with Crippen LogP contribution < -0.4 is 5.32 Å². The lowest BCUT2D eigenvalue weighted by Crippen LogP contribution is -2.46. The van der Waals surface area contributed by atoms with Crippen molar-refractivity contribution in [2.75, 3.05) is 13.6 Å². The van der Waals surface area contributed by atoms with Crippen molar-refractivity contribution in [3.8, 4) is 0 Å². The minimum absolute atomic E-state index is 0.105. The van der Waals surface area contributed by atoms with Crippen LogP contribution in [0.25, 0.3) is 0 Å². The van der Waals surface area contributed by atoms with E-state index < -0.39 is 5.25 Å². The predicted octanol–water partition coefficient (Wildman–Crippen LogP) is 3.79. The molecule has 1 heterocycles. The molecule has 2 amide bonds. The van der Waals surface area contributed by atoms with E-state index in [0.717, 1.165) is 5.56 Å². The Morgan fingerprint density at radius 1 is 1.25 bits per heavy atom. The van der Waals surface area contributed by atoms with Crippen LogP contribution in [0.15, 0.2) is 53.5 Å². The maximum absolute atomic E-state index is 13.2. The Balaban J connectivity index is 1.83. The third kappa shape index (κ3) is 5.11. The van der Waals surface area contributed by atoms with Gasteiger partial charge in [0, 0.05) is 25.0 Å². The van der Waals surface area contributed by atoms with Crippen LogP contribution in [0.5, 0.6) is 0 Å². The number of nitrogens with zero attached hydrogens (tertiary/aromatic N) is 2. The molecule has 0 bridgehead atoms. The fourth-order valence-corrected chi connectivity index (χ4v) is 4.05. The van der Waals surface area contributed by atoms with E-state index in [4.69, 9.17) is 11.6 Å². The zero-order valence-corrected chi connectivity index (χ0v) is 16.8. The summed E-state index contributed by atoms with van der Waals surface area (Å²) in [5, 5.41) is 3.13. The Hall–Kier alpha value is -2.38. The molecule has 3 rings (SSSR count). The molecule has 1 fully saturated rings. The van der Waals surface area contributed by atoms with Gasteiger partial charge in [0.1, 0.15) is 5.82 Å². The molecule has 0 saturated carbocycles. The molecular formula is C20H19ClFN3O2S. The number of carbonyl (C=O) groups is 2. The molecule has 28 heavy (non-hydrogen) atoms. The summed E-state index contributed by atoms with van der Waals surface area (Å²) < 4.78 is 13.2. The minimum atomic E-state index is -0.538. The predicted molar refractivity (Wildman–Crippen MR) is 110 cm³/mol. The van der Waals surface area contributed by atoms with Gasteiger partial charge in [-0.15, -0.1) is 0 Å². The van der Waals surface area contributed by atoms with Gasteiger partial charge in [0.25, 0.3) is 0 Å². The molecule has 1 atom stereocenters. The lowest BCUT2D eigenvalue weighted by atomic mass is 10.1. The van der Waals surface area contributed by atoms with Gasteiger partial charge >= 0.3 is 0 Å². The Kier molecular flexibility index (Phi) is 6.70. The molecule has 1 N–H and O–H groups in total. The van der Waals surface area contributed by atoms with Crippen LogP contribution in [0.4, 0.5) is 10.1 Å². The van der Waals surface area contributed by atoms with Crippen molar-refractivity contribution in [2.45, 2.75) is 18.1 Å². The average molecular weight is 420 g/mol. The number of hydrogen-bond donors (Lipinski definition) is 1. The second-order valence-electron chi connectivity index (χ2n) is 6.22. The zero-order chi connectivity index (χ0) is 20.1. The van der Waals surface area contributed by atoms with Crippen LogP contribution in [0.2, 0.25) is 5.02 Å². The molecule has 0 spiro atoms. The topological polar surface area (TPSA) is 61.8 Å². The molecule has 2 aromatic rings. The van der Waals surface area contributed by atoms with Crippen molar-refractivity contribution in [2.24, 2.45) is 4.99 Å². The maximum atomic E-state index is 13.2. The van der Waals surface area contributed by atoms with Crippen molar-refractivity contribution in [3.63, 3.8) is 0 Å². The van der Waals surface area contributed by atoms with E-state index in [1.807, 2.05) is 12.1 Å². The molecule has 0 aliphatic carbocycles. The molecule has 0 radical (unpaired) electrons. The molecule has 0 aromatic heterocycles. The normalized spacial score (nSPS) is 18.4. The van der Waals surface area contributed by atoms with E-state index in [9.17, 15) is 14.0 Å². The minimum Gasteiger partial charge on any atom is -0.358 e. The summed E-state index contributed by atoms with van der Waals surface area (Å²) in [6.07, 6.45) is 0.726. The number of halogens is 2. The number of amides is 2. The summed E-state index contributed by atoms with van der Waals surface area (Å²) in [4.78, 5) is 30.9. The van der Waals surface area contributed by atoms with E-state index in [1.54, 1.807) is 17.0 Å². The highest BCUT2D eigenvalue weighted by atomic mass is 35.5. The van der Waals surface area contributed by atoms with Crippen LogP contribution in [0.3, 0.4) is 0 Å². The molecule has 1 saturated heterocycles. The smallest absolute Gasteiger partial charge is 0.233 e. The monoisotopic (exact) mass is 419 g/mol. The third-order valence-corrected chi connectivity index (χ3v) is 5.71. The van der Waals surface area contributed by atoms with Gasteiger partial charge in [0.2, 0.25) is 11.8 Å². The summed E-state index contributed by atoms with van der Waals surface area (Å²) in [5.41, 5.74) is 1.56. The number of nitrogens with one attached hydrogen (secondary N) is 1. The molecule has 0 unspecified atom stereocenters. The average Bonchev–Trinajstić information content (AvgIpc) is 2.69. The second kappa shape index (κ2) is 9.21. The quantitative estimate of drug-likeness (QED) is 0.802. The lowest BCUT2D eigenvalue weighted by molar-refractivity contribution is -0.130. The lowest BCUT2D eigenvalue weighted by Gasteiger charge is -2.31. The Morgan fingerprint density at radius 2 is 1.93 bits per heavy atom. The number of benzene rings is 2. The van der Waals surface area contributed by atoms with Gasteiger partial charge in [-0.05, 0) is 48.4 Å². The van der Waals surface area contributed by atoms with Crippen LogP contribution >= 0.6 is 23.4 Å². The molecule has 1 aliphatic rings. The van der Waals surface area contributed by atoms with E-state index >= 15 is 0 Å². The van der Waals surface area contributed by atoms with Gasteiger partial charge in [-0.25, -0.2) is 9.38 Å². The summed E-state index contributed by atoms with van der Waals surface area (Å²) in [6.45, 7) is 0.425. The van der Waals surface area contributed by atoms with Gasteiger partial charge in [-0.2, -0.15) is 0 Å². The maximum Gasteiger partial charge on any atom is 0.233 e. The largest absolute Gasteiger partial charge is 0.358 e. The van der Waals surface area contributed by atoms with Crippen molar-refractivity contribution >= 4 is 46.0 Å². The van der Waals surface area contributed by atoms with E-state index in [2.05, 4.69) is 10.3 Å². The van der Waals surface area contributed by atoms with Gasteiger partial charge in [0.05, 0.1) is 10.9 Å². The van der Waals surface area contributed by atoms with Crippen LogP contribution in [-0.4, -0.2) is 40.7 Å². The molecule has 146 valence electrons. The summed E-state index contributed by atoms with van der Waals surface area (Å²) >= 11 is 7.16. The van der Waals surface area contributed by atoms with Crippen LogP contribution in [0.1, 0.15) is 12.0 Å². The second-order valence-corrected chi connectivity index (χ2v) is 7.82.